The third kappa shape index (κ3) is 19.0. The predicted octanol–water partition coefficient (Wildman–Crippen LogP) is 11.8. The second kappa shape index (κ2) is 35.0. The topological polar surface area (TPSA) is 174 Å². The first-order chi connectivity index (χ1) is 35.8. The van der Waals surface area contributed by atoms with Gasteiger partial charge in [-0.3, -0.25) is 24.1 Å². The zero-order chi connectivity index (χ0) is 55.0. The van der Waals surface area contributed by atoms with Gasteiger partial charge in [-0.1, -0.05) is 125 Å². The summed E-state index contributed by atoms with van der Waals surface area (Å²) in [5, 5.41) is 19.8. The highest BCUT2D eigenvalue weighted by Crippen LogP contribution is 2.35. The normalized spacial score (nSPS) is 14.2. The van der Waals surface area contributed by atoms with Crippen LogP contribution in [0.5, 0.6) is 5.75 Å². The summed E-state index contributed by atoms with van der Waals surface area (Å²) in [6.45, 7) is 31.4. The third-order valence-corrected chi connectivity index (χ3v) is 11.3. The molecule has 1 unspecified atom stereocenters. The highest BCUT2D eigenvalue weighted by Gasteiger charge is 2.31. The third-order valence-electron chi connectivity index (χ3n) is 11.3. The SMILES string of the molecule is C#CC.C=N/N=C1/C(CCC)N=C(c2ccc(C)cc2)c2cc(OC)ccc2N1CC.CCCC.CCCOCCC.CCNC(=O)C[C@@H]1N=C(c2ccc(C)cc2)c2cc(C)ccc2-n2c(C)nnc21.NC=O. The average Bonchev–Trinajstić information content (AvgIpc) is 3.66. The number of primary amides is 1. The van der Waals surface area contributed by atoms with E-state index in [0.717, 1.165) is 113 Å². The molecule has 2 atom stereocenters. The number of unbranched alkanes of at least 4 members (excludes halogenated alkanes) is 1. The number of carbonyl (C=O) groups is 2. The van der Waals surface area contributed by atoms with Crippen LogP contribution in [0.2, 0.25) is 0 Å². The largest absolute Gasteiger partial charge is 0.497 e. The summed E-state index contributed by atoms with van der Waals surface area (Å²) in [7, 11) is 1.69. The van der Waals surface area contributed by atoms with Crippen LogP contribution >= 0.6 is 0 Å². The molecule has 0 saturated carbocycles. The molecule has 2 aliphatic heterocycles. The maximum absolute atomic E-state index is 12.4. The van der Waals surface area contributed by atoms with Crippen molar-refractivity contribution in [2.45, 2.75) is 140 Å². The molecule has 3 heterocycles. The number of benzodiazepines with no additional fused rings is 1. The summed E-state index contributed by atoms with van der Waals surface area (Å²) < 4.78 is 12.7. The number of methoxy groups -OCH3 is 1. The monoisotopic (exact) mass is 1010 g/mol. The Morgan fingerprint density at radius 3 is 1.74 bits per heavy atom. The molecule has 4 aromatic carbocycles. The molecule has 0 saturated heterocycles. The van der Waals surface area contributed by atoms with Crippen molar-refractivity contribution >= 4 is 42.0 Å². The Bertz CT molecular complexity index is 2600. The summed E-state index contributed by atoms with van der Waals surface area (Å²) >= 11 is 0. The van der Waals surface area contributed by atoms with E-state index in [9.17, 15) is 4.79 Å². The number of hydrogen-bond acceptors (Lipinski definition) is 10. The number of aliphatic imine (C=N–C) groups is 2. The van der Waals surface area contributed by atoms with Crippen molar-refractivity contribution in [3.8, 4) is 23.8 Å². The molecule has 2 amide bonds. The van der Waals surface area contributed by atoms with Gasteiger partial charge in [-0.2, -0.15) is 5.10 Å². The number of benzene rings is 4. The molecule has 3 N–H and O–H groups in total. The number of aryl methyl sites for hydroxylation is 4. The standard InChI is InChI=1S/C23H25N5O.C23H28N4O.C6H14O.C4H10.C3H4.CH3NO/c1-5-24-21(29)13-19-23-27-26-16(4)28(23)20-11-8-15(3)12-18(20)22(25-19)17-9-6-14(2)7-10-17;1-6-8-20-23(26-24-4)27(7-2)21-14-13-18(28-5)15-19(21)22(25-20)17-11-9-16(3)10-12-17;1-3-5-7-6-4-2;1-3-4-2;1-3-2;2-1-3/h6-12,19H,5,13H2,1-4H3,(H,24,29);9-15,20H,4,6-8H2,1-3,5H3;3-6H2,1-2H3;3-4H2,1-2H3;1H,2H3;1H,(H2,2,3)/b;26-23-;;;;/t19-;;;;;/m0...../s1. The minimum Gasteiger partial charge on any atom is -0.497 e. The van der Waals surface area contributed by atoms with Crippen molar-refractivity contribution in [3.63, 3.8) is 0 Å². The predicted molar refractivity (Wildman–Crippen MR) is 309 cm³/mol. The molecule has 14 heteroatoms. The number of anilines is 1. The van der Waals surface area contributed by atoms with E-state index in [1.54, 1.807) is 14.0 Å². The van der Waals surface area contributed by atoms with Crippen LogP contribution in [0.25, 0.3) is 5.69 Å². The first kappa shape index (κ1) is 62.9. The van der Waals surface area contributed by atoms with Crippen molar-refractivity contribution in [3.05, 3.63) is 136 Å². The molecule has 0 aliphatic carbocycles. The Morgan fingerprint density at radius 2 is 1.27 bits per heavy atom. The van der Waals surface area contributed by atoms with Crippen molar-refractivity contribution in [1.29, 1.82) is 0 Å². The molecule has 5 aromatic rings. The lowest BCUT2D eigenvalue weighted by Gasteiger charge is -2.27. The number of ether oxygens (including phenoxy) is 2. The number of fused-ring (bicyclic) bond motifs is 4. The van der Waals surface area contributed by atoms with Crippen LogP contribution in [0, 0.1) is 40.0 Å². The van der Waals surface area contributed by atoms with Gasteiger partial charge in [0.2, 0.25) is 12.3 Å². The molecule has 0 fully saturated rings. The Balaban J connectivity index is 0.000000388. The quantitative estimate of drug-likeness (QED) is 0.0345. The second-order valence-electron chi connectivity index (χ2n) is 17.4. The number of likely N-dealkylation sites (N-methyl/N-ethyl adjacent to an activating group) is 1. The number of nitrogens with two attached hydrogens (primary N) is 1. The fraction of sp³-hybridized carbons (Fsp3) is 0.433. The maximum Gasteiger partial charge on any atom is 0.222 e. The number of nitrogens with one attached hydrogen (secondary N) is 1. The summed E-state index contributed by atoms with van der Waals surface area (Å²) in [5.41, 5.74) is 15.8. The van der Waals surface area contributed by atoms with E-state index in [0.29, 0.717) is 12.4 Å². The van der Waals surface area contributed by atoms with E-state index in [2.05, 4.69) is 197 Å². The fourth-order valence-electron chi connectivity index (χ4n) is 7.71. The van der Waals surface area contributed by atoms with Crippen LogP contribution in [0.15, 0.2) is 105 Å². The first-order valence-corrected chi connectivity index (χ1v) is 26.0. The van der Waals surface area contributed by atoms with Gasteiger partial charge in [0.15, 0.2) is 11.7 Å². The van der Waals surface area contributed by atoms with Crippen molar-refractivity contribution in [2.75, 3.05) is 38.3 Å². The molecule has 0 bridgehead atoms. The lowest BCUT2D eigenvalue weighted by molar-refractivity contribution is -0.121. The van der Waals surface area contributed by atoms with Crippen molar-refractivity contribution < 1.29 is 19.1 Å². The van der Waals surface area contributed by atoms with Gasteiger partial charge in [0, 0.05) is 55.3 Å². The van der Waals surface area contributed by atoms with Crippen LogP contribution in [0.3, 0.4) is 0 Å². The molecule has 7 rings (SSSR count). The van der Waals surface area contributed by atoms with Crippen LogP contribution < -0.4 is 20.7 Å². The van der Waals surface area contributed by atoms with E-state index in [4.69, 9.17) is 24.3 Å². The zero-order valence-electron chi connectivity index (χ0n) is 46.7. The lowest BCUT2D eigenvalue weighted by Crippen LogP contribution is -2.38. The molecule has 2 aliphatic rings. The number of nitrogens with zero attached hydrogens (tertiary/aromatic N) is 8. The molecule has 0 radical (unpaired) electrons. The Labute approximate surface area is 443 Å². The van der Waals surface area contributed by atoms with Gasteiger partial charge in [-0.05, 0) is 98.1 Å². The fourth-order valence-corrected chi connectivity index (χ4v) is 7.71. The number of terminal acetylenes is 1. The van der Waals surface area contributed by atoms with Gasteiger partial charge in [0.1, 0.15) is 23.7 Å². The van der Waals surface area contributed by atoms with E-state index in [1.165, 1.54) is 24.0 Å². The van der Waals surface area contributed by atoms with Gasteiger partial charge < -0.3 is 25.4 Å². The minimum absolute atomic E-state index is 0.0427. The summed E-state index contributed by atoms with van der Waals surface area (Å²) in [6, 6.07) is 28.8. The van der Waals surface area contributed by atoms with Gasteiger partial charge in [-0.15, -0.1) is 27.6 Å². The molecule has 1 aromatic heterocycles. The highest BCUT2D eigenvalue weighted by molar-refractivity contribution is 6.21. The molecule has 74 heavy (non-hydrogen) atoms. The Morgan fingerprint density at radius 1 is 0.757 bits per heavy atom. The Hall–Kier alpha value is -7.24. The van der Waals surface area contributed by atoms with E-state index < -0.39 is 6.04 Å². The number of rotatable bonds is 15. The molecule has 398 valence electrons. The van der Waals surface area contributed by atoms with Crippen LogP contribution in [-0.4, -0.2) is 90.5 Å². The second-order valence-corrected chi connectivity index (χ2v) is 17.4. The number of amides is 2. The average molecular weight is 1010 g/mol. The highest BCUT2D eigenvalue weighted by atomic mass is 16.5. The summed E-state index contributed by atoms with van der Waals surface area (Å²) in [5.74, 6) is 5.34. The van der Waals surface area contributed by atoms with Crippen LogP contribution in [0.4, 0.5) is 5.69 Å². The molecule has 14 nitrogen and oxygen atoms in total. The van der Waals surface area contributed by atoms with Crippen molar-refractivity contribution in [1.82, 2.24) is 20.1 Å². The number of carbonyl (C=O) groups excluding carboxylic acids is 2. The van der Waals surface area contributed by atoms with Crippen LogP contribution in [-0.2, 0) is 14.3 Å². The first-order valence-electron chi connectivity index (χ1n) is 26.0. The van der Waals surface area contributed by atoms with E-state index >= 15 is 0 Å². The minimum atomic E-state index is -0.410. The number of amidine groups is 1. The number of aromatic nitrogens is 3. The molecular weight excluding hydrogens is 925 g/mol. The summed E-state index contributed by atoms with van der Waals surface area (Å²) in [6.07, 6.45) is 11.9. The van der Waals surface area contributed by atoms with Gasteiger partial charge in [-0.25, -0.2) is 0 Å². The molecular formula is C60H84N10O4. The van der Waals surface area contributed by atoms with Crippen LogP contribution in [0.1, 0.15) is 157 Å². The van der Waals surface area contributed by atoms with Gasteiger partial charge in [0.05, 0.1) is 36.3 Å². The van der Waals surface area contributed by atoms with E-state index in [-0.39, 0.29) is 24.8 Å². The van der Waals surface area contributed by atoms with Gasteiger partial charge >= 0.3 is 0 Å². The molecule has 0 spiro atoms. The smallest absolute Gasteiger partial charge is 0.222 e. The summed E-state index contributed by atoms with van der Waals surface area (Å²) in [4.78, 5) is 33.4. The Kier molecular flexibility index (Phi) is 29.7. The lowest BCUT2D eigenvalue weighted by atomic mass is 9.98. The van der Waals surface area contributed by atoms with E-state index in [1.807, 2.05) is 24.5 Å². The maximum atomic E-state index is 12.4. The van der Waals surface area contributed by atoms with Gasteiger partial charge in [0.25, 0.3) is 0 Å². The zero-order valence-corrected chi connectivity index (χ0v) is 46.7. The number of hydrogen-bond donors (Lipinski definition) is 2. The van der Waals surface area contributed by atoms with Crippen molar-refractivity contribution in [2.24, 2.45) is 25.9 Å².